The monoisotopic (exact) mass is 276 g/mol. The molecular formula is C17H28N2O. The fourth-order valence-corrected chi connectivity index (χ4v) is 2.30. The van der Waals surface area contributed by atoms with Gasteiger partial charge in [-0.15, -0.1) is 0 Å². The summed E-state index contributed by atoms with van der Waals surface area (Å²) in [6.07, 6.45) is 5.96. The maximum atomic E-state index is 12.3. The first kappa shape index (κ1) is 16.7. The molecule has 0 radical (unpaired) electrons. The number of hydrogen-bond donors (Lipinski definition) is 1. The van der Waals surface area contributed by atoms with E-state index in [0.717, 1.165) is 51.7 Å². The van der Waals surface area contributed by atoms with Crippen molar-refractivity contribution in [3.63, 3.8) is 0 Å². The van der Waals surface area contributed by atoms with Gasteiger partial charge in [-0.25, -0.2) is 0 Å². The second-order valence-electron chi connectivity index (χ2n) is 5.25. The van der Waals surface area contributed by atoms with Gasteiger partial charge < -0.3 is 10.6 Å². The molecule has 1 aromatic rings. The molecule has 0 heterocycles. The topological polar surface area (TPSA) is 46.3 Å². The Labute approximate surface area is 123 Å². The highest BCUT2D eigenvalue weighted by atomic mass is 16.2. The van der Waals surface area contributed by atoms with Gasteiger partial charge >= 0.3 is 0 Å². The van der Waals surface area contributed by atoms with Gasteiger partial charge in [0.15, 0.2) is 0 Å². The molecule has 0 aliphatic rings. The number of hydrogen-bond acceptors (Lipinski definition) is 2. The van der Waals surface area contributed by atoms with Crippen molar-refractivity contribution < 1.29 is 4.79 Å². The van der Waals surface area contributed by atoms with Gasteiger partial charge in [-0.1, -0.05) is 50.1 Å². The van der Waals surface area contributed by atoms with E-state index in [9.17, 15) is 4.79 Å². The first-order chi connectivity index (χ1) is 9.77. The molecule has 1 rings (SSSR count). The molecule has 0 atom stereocenters. The normalized spacial score (nSPS) is 10.5. The second-order valence-corrected chi connectivity index (χ2v) is 5.25. The molecule has 1 amide bonds. The average molecular weight is 276 g/mol. The lowest BCUT2D eigenvalue weighted by molar-refractivity contribution is -0.132. The predicted molar refractivity (Wildman–Crippen MR) is 84.3 cm³/mol. The maximum absolute atomic E-state index is 12.3. The number of amides is 1. The molecule has 0 aromatic heterocycles. The largest absolute Gasteiger partial charge is 0.338 e. The van der Waals surface area contributed by atoms with Crippen LogP contribution in [0.3, 0.4) is 0 Å². The summed E-state index contributed by atoms with van der Waals surface area (Å²) in [5.41, 5.74) is 6.68. The summed E-state index contributed by atoms with van der Waals surface area (Å²) >= 11 is 0. The maximum Gasteiger partial charge on any atom is 0.222 e. The molecule has 20 heavy (non-hydrogen) atoms. The molecule has 3 heteroatoms. The lowest BCUT2D eigenvalue weighted by atomic mass is 10.1. The highest BCUT2D eigenvalue weighted by Crippen LogP contribution is 2.10. The Hall–Kier alpha value is -1.35. The van der Waals surface area contributed by atoms with Gasteiger partial charge in [0.1, 0.15) is 0 Å². The molecule has 3 nitrogen and oxygen atoms in total. The van der Waals surface area contributed by atoms with Crippen LogP contribution in [0.1, 0.15) is 51.0 Å². The first-order valence-corrected chi connectivity index (χ1v) is 7.79. The van der Waals surface area contributed by atoms with E-state index in [1.165, 1.54) is 5.56 Å². The van der Waals surface area contributed by atoms with Gasteiger partial charge in [0.25, 0.3) is 0 Å². The van der Waals surface area contributed by atoms with Crippen molar-refractivity contribution in [2.75, 3.05) is 13.1 Å². The van der Waals surface area contributed by atoms with E-state index in [0.29, 0.717) is 6.42 Å². The third-order valence-electron chi connectivity index (χ3n) is 3.41. The number of carbonyl (C=O) groups is 1. The van der Waals surface area contributed by atoms with Crippen LogP contribution >= 0.6 is 0 Å². The molecule has 0 aliphatic heterocycles. The SMILES string of the molecule is CCCN(Cc1ccccc1)C(=O)CCCCCCN. The van der Waals surface area contributed by atoms with Crippen molar-refractivity contribution in [3.05, 3.63) is 35.9 Å². The van der Waals surface area contributed by atoms with Crippen LogP contribution in [-0.2, 0) is 11.3 Å². The Morgan fingerprint density at radius 2 is 1.80 bits per heavy atom. The Balaban J connectivity index is 2.38. The van der Waals surface area contributed by atoms with E-state index < -0.39 is 0 Å². The number of unbranched alkanes of at least 4 members (excludes halogenated alkanes) is 3. The zero-order valence-electron chi connectivity index (χ0n) is 12.7. The molecule has 1 aromatic carbocycles. The number of rotatable bonds is 10. The Kier molecular flexibility index (Phi) is 8.72. The van der Waals surface area contributed by atoms with Gasteiger partial charge in [-0.05, 0) is 31.4 Å². The zero-order chi connectivity index (χ0) is 14.6. The van der Waals surface area contributed by atoms with Crippen molar-refractivity contribution in [2.24, 2.45) is 5.73 Å². The van der Waals surface area contributed by atoms with E-state index in [4.69, 9.17) is 5.73 Å². The molecule has 0 unspecified atom stereocenters. The molecule has 0 saturated heterocycles. The number of nitrogens with zero attached hydrogens (tertiary/aromatic N) is 1. The smallest absolute Gasteiger partial charge is 0.222 e. The average Bonchev–Trinajstić information content (AvgIpc) is 2.47. The molecule has 112 valence electrons. The van der Waals surface area contributed by atoms with Crippen LogP contribution in [0.25, 0.3) is 0 Å². The van der Waals surface area contributed by atoms with Crippen LogP contribution in [0.15, 0.2) is 30.3 Å². The van der Waals surface area contributed by atoms with E-state index in [2.05, 4.69) is 19.1 Å². The molecular weight excluding hydrogens is 248 g/mol. The lowest BCUT2D eigenvalue weighted by Crippen LogP contribution is -2.31. The predicted octanol–water partition coefficient (Wildman–Crippen LogP) is 3.33. The van der Waals surface area contributed by atoms with Crippen molar-refractivity contribution in [3.8, 4) is 0 Å². The van der Waals surface area contributed by atoms with Gasteiger partial charge in [0, 0.05) is 19.5 Å². The molecule has 0 fully saturated rings. The fraction of sp³-hybridized carbons (Fsp3) is 0.588. The number of nitrogens with two attached hydrogens (primary N) is 1. The van der Waals surface area contributed by atoms with E-state index >= 15 is 0 Å². The minimum absolute atomic E-state index is 0.281. The molecule has 0 spiro atoms. The number of carbonyl (C=O) groups excluding carboxylic acids is 1. The summed E-state index contributed by atoms with van der Waals surface area (Å²) in [5.74, 6) is 0.281. The molecule has 2 N–H and O–H groups in total. The van der Waals surface area contributed by atoms with Crippen LogP contribution in [-0.4, -0.2) is 23.9 Å². The zero-order valence-corrected chi connectivity index (χ0v) is 12.7. The standard InChI is InChI=1S/C17H28N2O/c1-2-14-19(15-16-10-6-5-7-11-16)17(20)12-8-3-4-9-13-18/h5-7,10-11H,2-4,8-9,12-15,18H2,1H3. The van der Waals surface area contributed by atoms with Crippen molar-refractivity contribution in [1.29, 1.82) is 0 Å². The third kappa shape index (κ3) is 6.71. The van der Waals surface area contributed by atoms with Gasteiger partial charge in [0.05, 0.1) is 0 Å². The van der Waals surface area contributed by atoms with Crippen molar-refractivity contribution >= 4 is 5.91 Å². The second kappa shape index (κ2) is 10.4. The highest BCUT2D eigenvalue weighted by Gasteiger charge is 2.12. The van der Waals surface area contributed by atoms with Gasteiger partial charge in [-0.2, -0.15) is 0 Å². The molecule has 0 saturated carbocycles. The summed E-state index contributed by atoms with van der Waals surface area (Å²) < 4.78 is 0. The summed E-state index contributed by atoms with van der Waals surface area (Å²) in [6.45, 7) is 4.45. The minimum Gasteiger partial charge on any atom is -0.338 e. The summed E-state index contributed by atoms with van der Waals surface area (Å²) in [5, 5.41) is 0. The van der Waals surface area contributed by atoms with Crippen LogP contribution in [0.4, 0.5) is 0 Å². The summed E-state index contributed by atoms with van der Waals surface area (Å²) in [6, 6.07) is 10.2. The number of benzene rings is 1. The summed E-state index contributed by atoms with van der Waals surface area (Å²) in [7, 11) is 0. The van der Waals surface area contributed by atoms with E-state index in [1.54, 1.807) is 0 Å². The van der Waals surface area contributed by atoms with Crippen LogP contribution < -0.4 is 5.73 Å². The Morgan fingerprint density at radius 3 is 2.45 bits per heavy atom. The van der Waals surface area contributed by atoms with Crippen LogP contribution in [0.5, 0.6) is 0 Å². The Morgan fingerprint density at radius 1 is 1.10 bits per heavy atom. The first-order valence-electron chi connectivity index (χ1n) is 7.79. The van der Waals surface area contributed by atoms with Gasteiger partial charge in [-0.3, -0.25) is 4.79 Å². The van der Waals surface area contributed by atoms with E-state index in [1.807, 2.05) is 23.1 Å². The van der Waals surface area contributed by atoms with E-state index in [-0.39, 0.29) is 5.91 Å². The lowest BCUT2D eigenvalue weighted by Gasteiger charge is -2.22. The van der Waals surface area contributed by atoms with Crippen molar-refractivity contribution in [1.82, 2.24) is 4.90 Å². The third-order valence-corrected chi connectivity index (χ3v) is 3.41. The quantitative estimate of drug-likeness (QED) is 0.666. The highest BCUT2D eigenvalue weighted by molar-refractivity contribution is 5.76. The van der Waals surface area contributed by atoms with Crippen molar-refractivity contribution in [2.45, 2.75) is 52.0 Å². The minimum atomic E-state index is 0.281. The Bertz CT molecular complexity index is 365. The summed E-state index contributed by atoms with van der Waals surface area (Å²) in [4.78, 5) is 14.3. The molecule has 0 bridgehead atoms. The molecule has 0 aliphatic carbocycles. The van der Waals surface area contributed by atoms with Crippen LogP contribution in [0.2, 0.25) is 0 Å². The van der Waals surface area contributed by atoms with Crippen LogP contribution in [0, 0.1) is 0 Å². The van der Waals surface area contributed by atoms with Gasteiger partial charge in [0.2, 0.25) is 5.91 Å². The fourth-order valence-electron chi connectivity index (χ4n) is 2.30.